The number of pyridine rings is 2. The third-order valence-corrected chi connectivity index (χ3v) is 3.11. The maximum Gasteiger partial charge on any atom is 0.137 e. The molecule has 4 nitrogen and oxygen atoms in total. The first-order chi connectivity index (χ1) is 9.88. The number of H-pyrrole nitrogens is 1. The van der Waals surface area contributed by atoms with E-state index in [1.165, 1.54) is 6.08 Å². The Balaban J connectivity index is 2.04. The van der Waals surface area contributed by atoms with Crippen molar-refractivity contribution in [1.29, 1.82) is 5.26 Å². The number of nitrogens with zero attached hydrogens (tertiary/aromatic N) is 3. The number of aromatic amines is 1. The van der Waals surface area contributed by atoms with Gasteiger partial charge in [-0.25, -0.2) is 4.98 Å². The zero-order valence-corrected chi connectivity index (χ0v) is 10.7. The van der Waals surface area contributed by atoms with Crippen LogP contribution in [0.4, 0.5) is 0 Å². The Morgan fingerprint density at radius 2 is 2.25 bits per heavy atom. The van der Waals surface area contributed by atoms with Crippen molar-refractivity contribution in [1.82, 2.24) is 15.0 Å². The van der Waals surface area contributed by atoms with Crippen molar-refractivity contribution in [2.45, 2.75) is 6.42 Å². The normalized spacial score (nSPS) is 10.9. The summed E-state index contributed by atoms with van der Waals surface area (Å²) in [6, 6.07) is 9.89. The van der Waals surface area contributed by atoms with Crippen molar-refractivity contribution in [3.8, 4) is 17.3 Å². The van der Waals surface area contributed by atoms with Crippen molar-refractivity contribution >= 4 is 11.0 Å². The molecule has 0 fully saturated rings. The van der Waals surface area contributed by atoms with E-state index >= 15 is 0 Å². The van der Waals surface area contributed by atoms with E-state index in [0.717, 1.165) is 27.9 Å². The highest BCUT2D eigenvalue weighted by molar-refractivity contribution is 5.84. The Hall–Kier alpha value is -2.93. The molecule has 0 aromatic carbocycles. The molecular formula is C16H12N4. The van der Waals surface area contributed by atoms with Gasteiger partial charge in [0.2, 0.25) is 0 Å². The molecule has 0 amide bonds. The molecule has 0 aliphatic carbocycles. The lowest BCUT2D eigenvalue weighted by Crippen LogP contribution is -1.85. The van der Waals surface area contributed by atoms with Gasteiger partial charge in [0.05, 0.1) is 11.8 Å². The summed E-state index contributed by atoms with van der Waals surface area (Å²) >= 11 is 0. The van der Waals surface area contributed by atoms with E-state index in [9.17, 15) is 0 Å². The van der Waals surface area contributed by atoms with E-state index in [4.69, 9.17) is 5.26 Å². The zero-order valence-electron chi connectivity index (χ0n) is 10.7. The van der Waals surface area contributed by atoms with Crippen molar-refractivity contribution in [3.05, 3.63) is 60.6 Å². The Labute approximate surface area is 116 Å². The van der Waals surface area contributed by atoms with Crippen LogP contribution in [0.1, 0.15) is 5.56 Å². The zero-order chi connectivity index (χ0) is 13.8. The molecular weight excluding hydrogens is 248 g/mol. The molecule has 3 rings (SSSR count). The lowest BCUT2D eigenvalue weighted by atomic mass is 10.1. The molecule has 3 heterocycles. The smallest absolute Gasteiger partial charge is 0.137 e. The van der Waals surface area contributed by atoms with Crippen LogP contribution in [0.5, 0.6) is 0 Å². The number of hydrogen-bond donors (Lipinski definition) is 1. The van der Waals surface area contributed by atoms with E-state index in [2.05, 4.69) is 21.0 Å². The molecule has 3 aromatic rings. The van der Waals surface area contributed by atoms with Crippen LogP contribution in [0.2, 0.25) is 0 Å². The average molecular weight is 260 g/mol. The van der Waals surface area contributed by atoms with Crippen LogP contribution in [0.25, 0.3) is 22.3 Å². The summed E-state index contributed by atoms with van der Waals surface area (Å²) in [6.45, 7) is 0. The van der Waals surface area contributed by atoms with E-state index in [1.807, 2.05) is 42.7 Å². The van der Waals surface area contributed by atoms with Crippen LogP contribution < -0.4 is 0 Å². The fourth-order valence-corrected chi connectivity index (χ4v) is 2.14. The summed E-state index contributed by atoms with van der Waals surface area (Å²) in [4.78, 5) is 11.9. The number of rotatable bonds is 3. The number of fused-ring (bicyclic) bond motifs is 1. The van der Waals surface area contributed by atoms with Gasteiger partial charge >= 0.3 is 0 Å². The highest BCUT2D eigenvalue weighted by Crippen LogP contribution is 2.23. The third-order valence-electron chi connectivity index (χ3n) is 3.11. The average Bonchev–Trinajstić information content (AvgIpc) is 2.91. The van der Waals surface area contributed by atoms with Gasteiger partial charge in [0.15, 0.2) is 0 Å². The second-order valence-electron chi connectivity index (χ2n) is 4.38. The summed E-state index contributed by atoms with van der Waals surface area (Å²) < 4.78 is 0. The summed E-state index contributed by atoms with van der Waals surface area (Å²) in [7, 11) is 0. The molecule has 0 aliphatic heterocycles. The summed E-state index contributed by atoms with van der Waals surface area (Å²) in [5, 5.41) is 9.60. The minimum Gasteiger partial charge on any atom is -0.346 e. The monoisotopic (exact) mass is 260 g/mol. The van der Waals surface area contributed by atoms with Gasteiger partial charge in [0, 0.05) is 35.6 Å². The standard InChI is InChI=1S/C16H12N4/c17-7-3-1-5-12-10-19-16-14(12)9-13(11-20-16)15-6-2-4-8-18-15/h1-4,6,8-11H,5H2,(H,19,20)/b3-1-. The maximum atomic E-state index is 8.54. The largest absolute Gasteiger partial charge is 0.346 e. The third kappa shape index (κ3) is 2.29. The summed E-state index contributed by atoms with van der Waals surface area (Å²) in [6.07, 6.45) is 9.57. The van der Waals surface area contributed by atoms with E-state index in [0.29, 0.717) is 6.42 Å². The quantitative estimate of drug-likeness (QED) is 0.735. The Morgan fingerprint density at radius 3 is 3.05 bits per heavy atom. The molecule has 4 heteroatoms. The van der Waals surface area contributed by atoms with Gasteiger partial charge < -0.3 is 4.98 Å². The van der Waals surface area contributed by atoms with Gasteiger partial charge in [-0.2, -0.15) is 5.26 Å². The van der Waals surface area contributed by atoms with Crippen molar-refractivity contribution in [2.24, 2.45) is 0 Å². The molecule has 0 unspecified atom stereocenters. The van der Waals surface area contributed by atoms with Gasteiger partial charge in [-0.05, 0) is 30.2 Å². The molecule has 0 saturated carbocycles. The number of allylic oxidation sites excluding steroid dienone is 2. The van der Waals surface area contributed by atoms with Gasteiger partial charge in [0.1, 0.15) is 5.65 Å². The van der Waals surface area contributed by atoms with Crippen LogP contribution in [0.15, 0.2) is 55.0 Å². The maximum absolute atomic E-state index is 8.54. The minimum absolute atomic E-state index is 0.709. The lowest BCUT2D eigenvalue weighted by molar-refractivity contribution is 1.27. The molecule has 0 bridgehead atoms. The Kier molecular flexibility index (Phi) is 3.25. The van der Waals surface area contributed by atoms with Crippen molar-refractivity contribution in [3.63, 3.8) is 0 Å². The highest BCUT2D eigenvalue weighted by atomic mass is 14.8. The summed E-state index contributed by atoms with van der Waals surface area (Å²) in [5.41, 5.74) is 3.87. The highest BCUT2D eigenvalue weighted by Gasteiger charge is 2.06. The van der Waals surface area contributed by atoms with Crippen LogP contribution in [-0.2, 0) is 6.42 Å². The molecule has 0 saturated heterocycles. The number of nitrogens with one attached hydrogen (secondary N) is 1. The molecule has 96 valence electrons. The van der Waals surface area contributed by atoms with Crippen LogP contribution in [-0.4, -0.2) is 15.0 Å². The van der Waals surface area contributed by atoms with Gasteiger partial charge in [-0.1, -0.05) is 12.1 Å². The van der Waals surface area contributed by atoms with E-state index in [-0.39, 0.29) is 0 Å². The fraction of sp³-hybridized carbons (Fsp3) is 0.0625. The van der Waals surface area contributed by atoms with Crippen molar-refractivity contribution in [2.75, 3.05) is 0 Å². The molecule has 20 heavy (non-hydrogen) atoms. The van der Waals surface area contributed by atoms with Crippen LogP contribution in [0, 0.1) is 11.3 Å². The first-order valence-electron chi connectivity index (χ1n) is 6.30. The molecule has 0 atom stereocenters. The predicted octanol–water partition coefficient (Wildman–Crippen LogP) is 3.25. The molecule has 3 aromatic heterocycles. The van der Waals surface area contributed by atoms with E-state index in [1.54, 1.807) is 6.20 Å². The minimum atomic E-state index is 0.709. The fourth-order valence-electron chi connectivity index (χ4n) is 2.14. The van der Waals surface area contributed by atoms with Crippen LogP contribution in [0.3, 0.4) is 0 Å². The topological polar surface area (TPSA) is 65.4 Å². The number of hydrogen-bond acceptors (Lipinski definition) is 3. The van der Waals surface area contributed by atoms with Gasteiger partial charge in [0.25, 0.3) is 0 Å². The lowest BCUT2D eigenvalue weighted by Gasteiger charge is -2.01. The van der Waals surface area contributed by atoms with Gasteiger partial charge in [-0.3, -0.25) is 4.98 Å². The Morgan fingerprint density at radius 1 is 1.30 bits per heavy atom. The molecule has 0 radical (unpaired) electrons. The second kappa shape index (κ2) is 5.37. The molecule has 0 spiro atoms. The first-order valence-corrected chi connectivity index (χ1v) is 6.30. The van der Waals surface area contributed by atoms with E-state index < -0.39 is 0 Å². The Bertz CT molecular complexity index is 794. The van der Waals surface area contributed by atoms with Gasteiger partial charge in [-0.15, -0.1) is 0 Å². The molecule has 1 N–H and O–H groups in total. The first kappa shape index (κ1) is 12.1. The van der Waals surface area contributed by atoms with Crippen molar-refractivity contribution < 1.29 is 0 Å². The predicted molar refractivity (Wildman–Crippen MR) is 77.8 cm³/mol. The molecule has 0 aliphatic rings. The second-order valence-corrected chi connectivity index (χ2v) is 4.38. The van der Waals surface area contributed by atoms with Crippen LogP contribution >= 0.6 is 0 Å². The SMILES string of the molecule is N#C/C=C\Cc1c[nH]c2ncc(-c3ccccn3)cc12. The summed E-state index contributed by atoms with van der Waals surface area (Å²) in [5.74, 6) is 0. The number of nitriles is 1. The number of aromatic nitrogens is 3.